The molecule has 1 saturated heterocycles. The molecule has 1 unspecified atom stereocenters. The van der Waals surface area contributed by atoms with Crippen molar-refractivity contribution in [2.24, 2.45) is 0 Å². The van der Waals surface area contributed by atoms with E-state index < -0.39 is 21.6 Å². The summed E-state index contributed by atoms with van der Waals surface area (Å²) in [4.78, 5) is 27.4. The number of nitrogens with zero attached hydrogens (tertiary/aromatic N) is 1. The van der Waals surface area contributed by atoms with Gasteiger partial charge in [0.05, 0.1) is 17.9 Å². The van der Waals surface area contributed by atoms with Crippen LogP contribution in [0.1, 0.15) is 31.1 Å². The second-order valence-electron chi connectivity index (χ2n) is 8.39. The number of hydrogen-bond acceptors (Lipinski definition) is 6. The summed E-state index contributed by atoms with van der Waals surface area (Å²) in [6, 6.07) is 12.1. The molecule has 2 aromatic carbocycles. The van der Waals surface area contributed by atoms with Gasteiger partial charge in [0.2, 0.25) is 15.9 Å². The summed E-state index contributed by atoms with van der Waals surface area (Å²) in [6.07, 6.45) is 0. The average Bonchev–Trinajstić information content (AvgIpc) is 3.22. The van der Waals surface area contributed by atoms with Gasteiger partial charge in [-0.05, 0) is 69.3 Å². The lowest BCUT2D eigenvalue weighted by atomic mass is 10.1. The summed E-state index contributed by atoms with van der Waals surface area (Å²) >= 11 is 1.49. The average molecular weight is 478 g/mol. The largest absolute Gasteiger partial charge is 0.497 e. The zero-order valence-electron chi connectivity index (χ0n) is 18.4. The predicted molar refractivity (Wildman–Crippen MR) is 125 cm³/mol. The fourth-order valence-electron chi connectivity index (χ4n) is 3.16. The van der Waals surface area contributed by atoms with Crippen molar-refractivity contribution in [3.63, 3.8) is 0 Å². The van der Waals surface area contributed by atoms with Gasteiger partial charge in [0, 0.05) is 22.5 Å². The van der Waals surface area contributed by atoms with Gasteiger partial charge in [0.15, 0.2) is 0 Å². The van der Waals surface area contributed by atoms with E-state index in [9.17, 15) is 18.0 Å². The van der Waals surface area contributed by atoms with Crippen LogP contribution in [-0.2, 0) is 14.8 Å². The summed E-state index contributed by atoms with van der Waals surface area (Å²) in [7, 11) is -2.13. The highest BCUT2D eigenvalue weighted by molar-refractivity contribution is 7.99. The van der Waals surface area contributed by atoms with Crippen LogP contribution >= 0.6 is 11.8 Å². The summed E-state index contributed by atoms with van der Waals surface area (Å²) < 4.78 is 32.6. The minimum atomic E-state index is -3.70. The molecule has 0 spiro atoms. The number of methoxy groups -OCH3 is 1. The minimum Gasteiger partial charge on any atom is -0.497 e. The third-order valence-electron chi connectivity index (χ3n) is 4.66. The second-order valence-corrected chi connectivity index (χ2v) is 11.1. The Morgan fingerprint density at radius 3 is 2.25 bits per heavy atom. The molecular weight excluding hydrogens is 450 g/mol. The molecule has 10 heteroatoms. The molecule has 0 radical (unpaired) electrons. The number of ether oxygens (including phenoxy) is 1. The Kier molecular flexibility index (Phi) is 7.16. The molecule has 1 fully saturated rings. The maximum absolute atomic E-state index is 13.0. The predicted octanol–water partition coefficient (Wildman–Crippen LogP) is 2.93. The lowest BCUT2D eigenvalue weighted by molar-refractivity contribution is -0.119. The third-order valence-corrected chi connectivity index (χ3v) is 7.44. The Morgan fingerprint density at radius 1 is 1.06 bits per heavy atom. The lowest BCUT2D eigenvalue weighted by Gasteiger charge is -2.23. The Bertz CT molecular complexity index is 1080. The van der Waals surface area contributed by atoms with Gasteiger partial charge in [-0.15, -0.1) is 11.8 Å². The number of rotatable bonds is 6. The van der Waals surface area contributed by atoms with Crippen LogP contribution in [0.15, 0.2) is 53.4 Å². The van der Waals surface area contributed by atoms with Crippen LogP contribution in [0, 0.1) is 0 Å². The van der Waals surface area contributed by atoms with Crippen LogP contribution in [0.4, 0.5) is 5.69 Å². The van der Waals surface area contributed by atoms with Gasteiger partial charge in [0.1, 0.15) is 11.8 Å². The number of anilines is 1. The highest BCUT2D eigenvalue weighted by Crippen LogP contribution is 2.25. The van der Waals surface area contributed by atoms with Crippen LogP contribution < -0.4 is 14.8 Å². The molecule has 1 aliphatic rings. The van der Waals surface area contributed by atoms with Gasteiger partial charge in [-0.1, -0.05) is 0 Å². The number of nitrogens with one attached hydrogen (secondary N) is 2. The maximum atomic E-state index is 13.0. The summed E-state index contributed by atoms with van der Waals surface area (Å²) in [6.45, 7) is 5.26. The molecule has 32 heavy (non-hydrogen) atoms. The van der Waals surface area contributed by atoms with Crippen LogP contribution in [0.25, 0.3) is 0 Å². The third kappa shape index (κ3) is 5.81. The zero-order chi connectivity index (χ0) is 23.5. The first kappa shape index (κ1) is 24.1. The van der Waals surface area contributed by atoms with E-state index in [0.29, 0.717) is 28.6 Å². The number of carbonyl (C=O) groups excluding carboxylic acids is 2. The fraction of sp³-hybridized carbons (Fsp3) is 0.364. The molecule has 1 aliphatic heterocycles. The zero-order valence-corrected chi connectivity index (χ0v) is 20.0. The topological polar surface area (TPSA) is 105 Å². The van der Waals surface area contributed by atoms with Gasteiger partial charge in [-0.25, -0.2) is 13.1 Å². The normalized spacial score (nSPS) is 16.6. The van der Waals surface area contributed by atoms with E-state index in [1.165, 1.54) is 40.9 Å². The van der Waals surface area contributed by atoms with Gasteiger partial charge >= 0.3 is 0 Å². The highest BCUT2D eigenvalue weighted by atomic mass is 32.2. The highest BCUT2D eigenvalue weighted by Gasteiger charge is 2.35. The Balaban J connectivity index is 1.71. The van der Waals surface area contributed by atoms with Crippen LogP contribution in [0.2, 0.25) is 0 Å². The Morgan fingerprint density at radius 2 is 1.69 bits per heavy atom. The van der Waals surface area contributed by atoms with Crippen molar-refractivity contribution in [2.75, 3.05) is 24.1 Å². The number of carbonyl (C=O) groups is 2. The second kappa shape index (κ2) is 9.51. The number of hydrogen-bond donors (Lipinski definition) is 2. The van der Waals surface area contributed by atoms with E-state index in [0.717, 1.165) is 0 Å². The van der Waals surface area contributed by atoms with Crippen molar-refractivity contribution in [1.29, 1.82) is 0 Å². The van der Waals surface area contributed by atoms with Crippen molar-refractivity contribution in [1.82, 2.24) is 9.62 Å². The summed E-state index contributed by atoms with van der Waals surface area (Å²) in [5.74, 6) is 0.944. The number of thioether (sulfide) groups is 1. The van der Waals surface area contributed by atoms with Crippen molar-refractivity contribution >= 4 is 39.3 Å². The molecule has 8 nitrogen and oxygen atoms in total. The molecule has 0 aromatic heterocycles. The first-order chi connectivity index (χ1) is 15.0. The molecule has 1 atom stereocenters. The van der Waals surface area contributed by atoms with E-state index in [2.05, 4.69) is 10.0 Å². The monoisotopic (exact) mass is 477 g/mol. The van der Waals surface area contributed by atoms with E-state index in [4.69, 9.17) is 4.74 Å². The van der Waals surface area contributed by atoms with Gasteiger partial charge in [0.25, 0.3) is 5.91 Å². The summed E-state index contributed by atoms with van der Waals surface area (Å²) in [5, 5.41) is 2.83. The molecule has 0 saturated carbocycles. The smallest absolute Gasteiger partial charge is 0.255 e. The lowest BCUT2D eigenvalue weighted by Crippen LogP contribution is -2.44. The van der Waals surface area contributed by atoms with Crippen molar-refractivity contribution in [3.8, 4) is 5.75 Å². The molecule has 2 N–H and O–H groups in total. The molecule has 2 amide bonds. The van der Waals surface area contributed by atoms with Crippen molar-refractivity contribution in [3.05, 3.63) is 54.1 Å². The molecular formula is C22H27N3O5S2. The van der Waals surface area contributed by atoms with Crippen molar-refractivity contribution < 1.29 is 22.7 Å². The summed E-state index contributed by atoms with van der Waals surface area (Å²) in [5.41, 5.74) is 0.315. The van der Waals surface area contributed by atoms with Crippen LogP contribution in [-0.4, -0.2) is 55.5 Å². The number of benzene rings is 2. The molecule has 172 valence electrons. The van der Waals surface area contributed by atoms with Crippen LogP contribution in [0.5, 0.6) is 5.75 Å². The van der Waals surface area contributed by atoms with Gasteiger partial charge in [-0.2, -0.15) is 0 Å². The molecule has 0 bridgehead atoms. The van der Waals surface area contributed by atoms with E-state index >= 15 is 0 Å². The van der Waals surface area contributed by atoms with E-state index in [-0.39, 0.29) is 16.7 Å². The standard InChI is InChI=1S/C22H27N3O5S2/c1-22(2,3)24-32(28,29)18-11-5-15(6-12-18)21(27)25-14-31-13-19(25)20(26)23-16-7-9-17(30-4)10-8-16/h5-12,19,24H,13-14H2,1-4H3,(H,23,26). The minimum absolute atomic E-state index is 0.0774. The van der Waals surface area contributed by atoms with Gasteiger partial charge < -0.3 is 15.0 Å². The molecule has 0 aliphatic carbocycles. The van der Waals surface area contributed by atoms with Crippen molar-refractivity contribution in [2.45, 2.75) is 37.2 Å². The Labute approximate surface area is 192 Å². The first-order valence-electron chi connectivity index (χ1n) is 9.98. The van der Waals surface area contributed by atoms with E-state index in [1.807, 2.05) is 0 Å². The number of sulfonamides is 1. The quantitative estimate of drug-likeness (QED) is 0.663. The molecule has 2 aromatic rings. The maximum Gasteiger partial charge on any atom is 0.255 e. The van der Waals surface area contributed by atoms with Crippen LogP contribution in [0.3, 0.4) is 0 Å². The first-order valence-corrected chi connectivity index (χ1v) is 12.6. The fourth-order valence-corrected chi connectivity index (χ4v) is 5.74. The SMILES string of the molecule is COc1ccc(NC(=O)C2CSCN2C(=O)c2ccc(S(=O)(=O)NC(C)(C)C)cc2)cc1. The Hall–Kier alpha value is -2.56. The van der Waals surface area contributed by atoms with E-state index in [1.54, 1.807) is 52.1 Å². The number of amides is 2. The van der Waals surface area contributed by atoms with Gasteiger partial charge in [-0.3, -0.25) is 9.59 Å². The molecule has 3 rings (SSSR count). The molecule has 1 heterocycles.